The summed E-state index contributed by atoms with van der Waals surface area (Å²) in [4.78, 5) is 18.5. The Morgan fingerprint density at radius 3 is 2.62 bits per heavy atom. The van der Waals surface area contributed by atoms with Crippen LogP contribution in [0.1, 0.15) is 36.8 Å². The Morgan fingerprint density at radius 2 is 1.97 bits per heavy atom. The Labute approximate surface area is 173 Å². The summed E-state index contributed by atoms with van der Waals surface area (Å²) in [6.45, 7) is 15.4. The number of hydrogen-bond donors (Lipinski definition) is 2. The van der Waals surface area contributed by atoms with E-state index in [4.69, 9.17) is 9.41 Å². The number of hydrogen-bond acceptors (Lipinski definition) is 6. The van der Waals surface area contributed by atoms with E-state index >= 15 is 0 Å². The van der Waals surface area contributed by atoms with E-state index in [1.807, 2.05) is 26.1 Å². The second-order valence-electron chi connectivity index (χ2n) is 7.24. The van der Waals surface area contributed by atoms with Gasteiger partial charge in [0.25, 0.3) is 0 Å². The number of pyridine rings is 1. The van der Waals surface area contributed by atoms with Gasteiger partial charge in [0.1, 0.15) is 11.6 Å². The van der Waals surface area contributed by atoms with Crippen molar-refractivity contribution in [3.05, 3.63) is 41.2 Å². The number of nitrogens with one attached hydrogen (secondary N) is 2. The SMILES string of the molecule is CCNC(=NCc1ccnc(N2CCN(CC)CC2)c1)NCc1nc(C)c(C)o1. The standard InChI is InChI=1S/C21H33N7O/c1-5-22-21(25-15-20-26-16(3)17(4)29-20)24-14-18-7-8-23-19(13-18)28-11-9-27(6-2)10-12-28/h7-8,13H,5-6,9-12,14-15H2,1-4H3,(H2,22,24,25). The van der Waals surface area contributed by atoms with Crippen LogP contribution in [0.4, 0.5) is 5.82 Å². The van der Waals surface area contributed by atoms with E-state index in [1.54, 1.807) is 0 Å². The van der Waals surface area contributed by atoms with E-state index in [0.717, 1.165) is 68.1 Å². The van der Waals surface area contributed by atoms with Crippen LogP contribution >= 0.6 is 0 Å². The van der Waals surface area contributed by atoms with Gasteiger partial charge in [0.2, 0.25) is 5.89 Å². The Balaban J connectivity index is 1.60. The maximum absolute atomic E-state index is 5.63. The van der Waals surface area contributed by atoms with Crippen molar-refractivity contribution < 1.29 is 4.42 Å². The molecular weight excluding hydrogens is 366 g/mol. The van der Waals surface area contributed by atoms with Crippen molar-refractivity contribution in [2.75, 3.05) is 44.2 Å². The van der Waals surface area contributed by atoms with Crippen LogP contribution in [0.3, 0.4) is 0 Å². The summed E-state index contributed by atoms with van der Waals surface area (Å²) in [5.74, 6) is 3.31. The number of anilines is 1. The molecule has 2 aromatic rings. The highest BCUT2D eigenvalue weighted by Crippen LogP contribution is 2.16. The highest BCUT2D eigenvalue weighted by Gasteiger charge is 2.16. The number of guanidine groups is 1. The molecule has 1 fully saturated rings. The molecule has 0 saturated carbocycles. The molecule has 0 spiro atoms. The maximum Gasteiger partial charge on any atom is 0.214 e. The van der Waals surface area contributed by atoms with Crippen molar-refractivity contribution in [3.8, 4) is 0 Å². The lowest BCUT2D eigenvalue weighted by atomic mass is 10.2. The Kier molecular flexibility index (Phi) is 7.46. The first kappa shape index (κ1) is 21.1. The molecule has 1 saturated heterocycles. The van der Waals surface area contributed by atoms with Gasteiger partial charge in [-0.25, -0.2) is 15.0 Å². The van der Waals surface area contributed by atoms with E-state index in [9.17, 15) is 0 Å². The Hall–Kier alpha value is -2.61. The van der Waals surface area contributed by atoms with Crippen LogP contribution in [-0.4, -0.2) is 60.1 Å². The molecule has 0 amide bonds. The first-order valence-electron chi connectivity index (χ1n) is 10.5. The zero-order chi connectivity index (χ0) is 20.6. The van der Waals surface area contributed by atoms with Gasteiger partial charge in [-0.2, -0.15) is 0 Å². The predicted octanol–water partition coefficient (Wildman–Crippen LogP) is 2.08. The van der Waals surface area contributed by atoms with Gasteiger partial charge in [-0.05, 0) is 45.0 Å². The number of aryl methyl sites for hydroxylation is 2. The predicted molar refractivity (Wildman–Crippen MR) is 116 cm³/mol. The second kappa shape index (κ2) is 10.2. The van der Waals surface area contributed by atoms with Crippen LogP contribution in [0.5, 0.6) is 0 Å². The van der Waals surface area contributed by atoms with Crippen LogP contribution in [-0.2, 0) is 13.1 Å². The van der Waals surface area contributed by atoms with E-state index in [2.05, 4.69) is 50.3 Å². The van der Waals surface area contributed by atoms with Crippen molar-refractivity contribution in [3.63, 3.8) is 0 Å². The average molecular weight is 400 g/mol. The van der Waals surface area contributed by atoms with Crippen molar-refractivity contribution >= 4 is 11.8 Å². The second-order valence-corrected chi connectivity index (χ2v) is 7.24. The van der Waals surface area contributed by atoms with Gasteiger partial charge in [-0.1, -0.05) is 6.92 Å². The monoisotopic (exact) mass is 399 g/mol. The van der Waals surface area contributed by atoms with Crippen LogP contribution in [0.15, 0.2) is 27.7 Å². The van der Waals surface area contributed by atoms with Gasteiger partial charge in [0, 0.05) is 38.9 Å². The molecule has 3 rings (SSSR count). The van der Waals surface area contributed by atoms with Crippen molar-refractivity contribution in [1.29, 1.82) is 0 Å². The zero-order valence-electron chi connectivity index (χ0n) is 18.0. The van der Waals surface area contributed by atoms with Gasteiger partial charge < -0.3 is 24.9 Å². The van der Waals surface area contributed by atoms with E-state index in [0.29, 0.717) is 19.0 Å². The average Bonchev–Trinajstić information content (AvgIpc) is 3.07. The van der Waals surface area contributed by atoms with E-state index in [1.165, 1.54) is 0 Å². The Morgan fingerprint density at radius 1 is 1.17 bits per heavy atom. The fourth-order valence-electron chi connectivity index (χ4n) is 3.31. The number of aromatic nitrogens is 2. The summed E-state index contributed by atoms with van der Waals surface area (Å²) >= 11 is 0. The smallest absolute Gasteiger partial charge is 0.214 e. The lowest BCUT2D eigenvalue weighted by molar-refractivity contribution is 0.270. The minimum Gasteiger partial charge on any atom is -0.444 e. The number of piperazine rings is 1. The number of oxazole rings is 1. The van der Waals surface area contributed by atoms with E-state index < -0.39 is 0 Å². The van der Waals surface area contributed by atoms with Crippen LogP contribution < -0.4 is 15.5 Å². The quantitative estimate of drug-likeness (QED) is 0.545. The third-order valence-corrected chi connectivity index (χ3v) is 5.20. The van der Waals surface area contributed by atoms with Gasteiger partial charge in [-0.15, -0.1) is 0 Å². The normalized spacial score (nSPS) is 15.6. The fraction of sp³-hybridized carbons (Fsp3) is 0.571. The number of nitrogens with zero attached hydrogens (tertiary/aromatic N) is 5. The van der Waals surface area contributed by atoms with Crippen LogP contribution in [0, 0.1) is 13.8 Å². The molecule has 0 unspecified atom stereocenters. The van der Waals surface area contributed by atoms with Gasteiger partial charge >= 0.3 is 0 Å². The van der Waals surface area contributed by atoms with Crippen molar-refractivity contribution in [2.24, 2.45) is 4.99 Å². The zero-order valence-corrected chi connectivity index (χ0v) is 18.0. The van der Waals surface area contributed by atoms with Crippen LogP contribution in [0.2, 0.25) is 0 Å². The highest BCUT2D eigenvalue weighted by molar-refractivity contribution is 5.79. The minimum absolute atomic E-state index is 0.504. The van der Waals surface area contributed by atoms with Gasteiger partial charge in [0.15, 0.2) is 5.96 Å². The molecule has 3 heterocycles. The summed E-state index contributed by atoms with van der Waals surface area (Å²) in [7, 11) is 0. The molecule has 158 valence electrons. The number of aliphatic imine (C=N–C) groups is 1. The fourth-order valence-corrected chi connectivity index (χ4v) is 3.31. The number of likely N-dealkylation sites (N-methyl/N-ethyl adjacent to an activating group) is 1. The van der Waals surface area contributed by atoms with Crippen LogP contribution in [0.25, 0.3) is 0 Å². The van der Waals surface area contributed by atoms with Gasteiger partial charge in [0.05, 0.1) is 18.8 Å². The molecule has 29 heavy (non-hydrogen) atoms. The first-order chi connectivity index (χ1) is 14.1. The lowest BCUT2D eigenvalue weighted by Crippen LogP contribution is -2.46. The summed E-state index contributed by atoms with van der Waals surface area (Å²) in [6.07, 6.45) is 1.88. The summed E-state index contributed by atoms with van der Waals surface area (Å²) in [5.41, 5.74) is 2.07. The maximum atomic E-state index is 5.63. The molecule has 1 aliphatic rings. The first-order valence-corrected chi connectivity index (χ1v) is 10.5. The van der Waals surface area contributed by atoms with Gasteiger partial charge in [-0.3, -0.25) is 0 Å². The minimum atomic E-state index is 0.504. The van der Waals surface area contributed by atoms with Crippen molar-refractivity contribution in [2.45, 2.75) is 40.8 Å². The largest absolute Gasteiger partial charge is 0.444 e. The molecule has 0 aromatic carbocycles. The third kappa shape index (κ3) is 5.93. The summed E-state index contributed by atoms with van der Waals surface area (Å²) in [5, 5.41) is 6.56. The molecule has 0 aliphatic carbocycles. The number of rotatable bonds is 7. The molecule has 0 atom stereocenters. The topological polar surface area (TPSA) is 81.8 Å². The lowest BCUT2D eigenvalue weighted by Gasteiger charge is -2.34. The molecule has 2 N–H and O–H groups in total. The molecule has 0 radical (unpaired) electrons. The molecule has 0 bridgehead atoms. The summed E-state index contributed by atoms with van der Waals surface area (Å²) < 4.78 is 5.63. The van der Waals surface area contributed by atoms with E-state index in [-0.39, 0.29) is 0 Å². The molecule has 1 aliphatic heterocycles. The molecule has 8 nitrogen and oxygen atoms in total. The van der Waals surface area contributed by atoms with Crippen molar-refractivity contribution in [1.82, 2.24) is 25.5 Å². The Bertz CT molecular complexity index is 790. The highest BCUT2D eigenvalue weighted by atomic mass is 16.4. The summed E-state index contributed by atoms with van der Waals surface area (Å²) in [6, 6.07) is 4.18. The molecule has 2 aromatic heterocycles. The third-order valence-electron chi connectivity index (χ3n) is 5.20. The molecule has 8 heteroatoms. The molecular formula is C21H33N7O.